The minimum atomic E-state index is -3.68. The van der Waals surface area contributed by atoms with Gasteiger partial charge in [0.05, 0.1) is 4.90 Å². The average molecular weight is 445 g/mol. The van der Waals surface area contributed by atoms with Crippen molar-refractivity contribution in [3.63, 3.8) is 0 Å². The first-order chi connectivity index (χ1) is 14.7. The SMILES string of the molecule is CC(=O)Nc1ccc(S(=O)(=O)NC2CCN(C(=O)c3ccc(N(C)C)cc3)CC2)cc1. The summed E-state index contributed by atoms with van der Waals surface area (Å²) in [7, 11) is 0.210. The Morgan fingerprint density at radius 3 is 2.06 bits per heavy atom. The highest BCUT2D eigenvalue weighted by Gasteiger charge is 2.27. The number of rotatable bonds is 6. The van der Waals surface area contributed by atoms with E-state index in [1.54, 1.807) is 17.0 Å². The lowest BCUT2D eigenvalue weighted by Crippen LogP contribution is -2.46. The van der Waals surface area contributed by atoms with Crippen molar-refractivity contribution in [3.05, 3.63) is 54.1 Å². The van der Waals surface area contributed by atoms with Gasteiger partial charge in [0.1, 0.15) is 0 Å². The van der Waals surface area contributed by atoms with E-state index in [4.69, 9.17) is 0 Å². The van der Waals surface area contributed by atoms with Gasteiger partial charge in [0, 0.05) is 57.1 Å². The molecule has 9 heteroatoms. The van der Waals surface area contributed by atoms with Gasteiger partial charge in [-0.1, -0.05) is 0 Å². The molecule has 0 bridgehead atoms. The summed E-state index contributed by atoms with van der Waals surface area (Å²) in [6.45, 7) is 2.37. The summed E-state index contributed by atoms with van der Waals surface area (Å²) in [6, 6.07) is 13.2. The molecule has 8 nitrogen and oxygen atoms in total. The molecule has 0 radical (unpaired) electrons. The normalized spacial score (nSPS) is 14.9. The van der Waals surface area contributed by atoms with E-state index >= 15 is 0 Å². The third kappa shape index (κ3) is 5.83. The molecule has 0 aliphatic carbocycles. The predicted octanol–water partition coefficient (Wildman–Crippen LogP) is 2.29. The van der Waals surface area contributed by atoms with Gasteiger partial charge in [0.25, 0.3) is 5.91 Å². The smallest absolute Gasteiger partial charge is 0.253 e. The highest BCUT2D eigenvalue weighted by atomic mass is 32.2. The first-order valence-electron chi connectivity index (χ1n) is 10.1. The number of piperidine rings is 1. The first kappa shape index (κ1) is 22.8. The molecule has 1 aliphatic rings. The van der Waals surface area contributed by atoms with Gasteiger partial charge < -0.3 is 15.1 Å². The molecule has 0 atom stereocenters. The van der Waals surface area contributed by atoms with Crippen LogP contribution in [0.1, 0.15) is 30.1 Å². The maximum Gasteiger partial charge on any atom is 0.253 e. The summed E-state index contributed by atoms with van der Waals surface area (Å²) in [6.07, 6.45) is 1.09. The maximum absolute atomic E-state index is 12.7. The number of carbonyl (C=O) groups excluding carboxylic acids is 2. The zero-order chi connectivity index (χ0) is 22.6. The van der Waals surface area contributed by atoms with Crippen molar-refractivity contribution in [1.29, 1.82) is 0 Å². The highest BCUT2D eigenvalue weighted by Crippen LogP contribution is 2.20. The molecule has 31 heavy (non-hydrogen) atoms. The molecule has 2 aromatic rings. The minimum Gasteiger partial charge on any atom is -0.378 e. The maximum atomic E-state index is 12.7. The number of sulfonamides is 1. The first-order valence-corrected chi connectivity index (χ1v) is 11.6. The summed E-state index contributed by atoms with van der Waals surface area (Å²) in [5.74, 6) is -0.260. The summed E-state index contributed by atoms with van der Waals surface area (Å²) in [5.41, 5.74) is 2.19. The van der Waals surface area contributed by atoms with Gasteiger partial charge in [-0.15, -0.1) is 0 Å². The summed E-state index contributed by atoms with van der Waals surface area (Å²) >= 11 is 0. The Morgan fingerprint density at radius 1 is 0.968 bits per heavy atom. The number of nitrogens with one attached hydrogen (secondary N) is 2. The van der Waals surface area contributed by atoms with Gasteiger partial charge in [0.2, 0.25) is 15.9 Å². The van der Waals surface area contributed by atoms with E-state index in [9.17, 15) is 18.0 Å². The van der Waals surface area contributed by atoms with Crippen LogP contribution in [0, 0.1) is 0 Å². The molecule has 2 amide bonds. The summed E-state index contributed by atoms with van der Waals surface area (Å²) < 4.78 is 28.1. The van der Waals surface area contributed by atoms with Crippen molar-refractivity contribution < 1.29 is 18.0 Å². The van der Waals surface area contributed by atoms with Crippen molar-refractivity contribution in [1.82, 2.24) is 9.62 Å². The third-order valence-corrected chi connectivity index (χ3v) is 6.76. The lowest BCUT2D eigenvalue weighted by molar-refractivity contribution is -0.114. The molecule has 166 valence electrons. The van der Waals surface area contributed by atoms with Crippen LogP contribution in [0.4, 0.5) is 11.4 Å². The Morgan fingerprint density at radius 2 is 1.55 bits per heavy atom. The van der Waals surface area contributed by atoms with Crippen molar-refractivity contribution in [2.24, 2.45) is 0 Å². The van der Waals surface area contributed by atoms with Crippen LogP contribution in [0.2, 0.25) is 0 Å². The van der Waals surface area contributed by atoms with E-state index in [1.807, 2.05) is 43.3 Å². The lowest BCUT2D eigenvalue weighted by Gasteiger charge is -2.32. The van der Waals surface area contributed by atoms with Crippen LogP contribution in [-0.4, -0.2) is 58.4 Å². The lowest BCUT2D eigenvalue weighted by atomic mass is 10.0. The minimum absolute atomic E-state index is 0.0415. The molecule has 3 rings (SSSR count). The van der Waals surface area contributed by atoms with E-state index in [2.05, 4.69) is 10.0 Å². The molecule has 1 heterocycles. The average Bonchev–Trinajstić information content (AvgIpc) is 2.73. The molecule has 0 aromatic heterocycles. The number of likely N-dealkylation sites (tertiary alicyclic amines) is 1. The van der Waals surface area contributed by atoms with Gasteiger partial charge in [0.15, 0.2) is 0 Å². The van der Waals surface area contributed by atoms with Crippen molar-refractivity contribution in [3.8, 4) is 0 Å². The number of hydrogen-bond donors (Lipinski definition) is 2. The van der Waals surface area contributed by atoms with Crippen LogP contribution in [0.25, 0.3) is 0 Å². The number of nitrogens with zero attached hydrogens (tertiary/aromatic N) is 2. The fourth-order valence-electron chi connectivity index (χ4n) is 3.49. The molecule has 2 aromatic carbocycles. The Bertz CT molecular complexity index is 1030. The van der Waals surface area contributed by atoms with Crippen LogP contribution in [0.5, 0.6) is 0 Å². The van der Waals surface area contributed by atoms with E-state index in [-0.39, 0.29) is 22.8 Å². The molecule has 1 saturated heterocycles. The Hall–Kier alpha value is -2.91. The zero-order valence-electron chi connectivity index (χ0n) is 18.0. The topological polar surface area (TPSA) is 98.8 Å². The number of benzene rings is 2. The second-order valence-electron chi connectivity index (χ2n) is 7.83. The van der Waals surface area contributed by atoms with Gasteiger partial charge >= 0.3 is 0 Å². The van der Waals surface area contributed by atoms with Crippen molar-refractivity contribution >= 4 is 33.2 Å². The molecular weight excluding hydrogens is 416 g/mol. The monoisotopic (exact) mass is 444 g/mol. The number of amides is 2. The Balaban J connectivity index is 1.56. The molecular formula is C22H28N4O4S. The van der Waals surface area contributed by atoms with Crippen LogP contribution in [0.3, 0.4) is 0 Å². The van der Waals surface area contributed by atoms with Crippen LogP contribution in [-0.2, 0) is 14.8 Å². The fourth-order valence-corrected chi connectivity index (χ4v) is 4.80. The van der Waals surface area contributed by atoms with E-state index in [0.29, 0.717) is 37.2 Å². The quantitative estimate of drug-likeness (QED) is 0.712. The highest BCUT2D eigenvalue weighted by molar-refractivity contribution is 7.89. The molecule has 2 N–H and O–H groups in total. The summed E-state index contributed by atoms with van der Waals surface area (Å²) in [4.78, 5) is 27.7. The molecule has 1 aliphatic heterocycles. The molecule has 1 fully saturated rings. The third-order valence-electron chi connectivity index (χ3n) is 5.22. The van der Waals surface area contributed by atoms with Gasteiger partial charge in [-0.2, -0.15) is 0 Å². The standard InChI is InChI=1S/C22H28N4O4S/c1-16(27)23-18-6-10-21(11-7-18)31(29,30)24-19-12-14-26(15-13-19)22(28)17-4-8-20(9-5-17)25(2)3/h4-11,19,24H,12-15H2,1-3H3,(H,23,27). The van der Waals surface area contributed by atoms with Crippen LogP contribution in [0.15, 0.2) is 53.4 Å². The van der Waals surface area contributed by atoms with Gasteiger partial charge in [-0.05, 0) is 61.4 Å². The number of hydrogen-bond acceptors (Lipinski definition) is 5. The Kier molecular flexibility index (Phi) is 6.97. The van der Waals surface area contributed by atoms with Crippen molar-refractivity contribution in [2.75, 3.05) is 37.4 Å². The fraction of sp³-hybridized carbons (Fsp3) is 0.364. The van der Waals surface area contributed by atoms with E-state index in [1.165, 1.54) is 19.1 Å². The van der Waals surface area contributed by atoms with Gasteiger partial charge in [-0.25, -0.2) is 13.1 Å². The van der Waals surface area contributed by atoms with Crippen LogP contribution < -0.4 is 14.9 Å². The molecule has 0 spiro atoms. The number of anilines is 2. The largest absolute Gasteiger partial charge is 0.378 e. The van der Waals surface area contributed by atoms with E-state index in [0.717, 1.165) is 5.69 Å². The number of carbonyl (C=O) groups is 2. The van der Waals surface area contributed by atoms with Gasteiger partial charge in [-0.3, -0.25) is 9.59 Å². The zero-order valence-corrected chi connectivity index (χ0v) is 18.8. The predicted molar refractivity (Wildman–Crippen MR) is 121 cm³/mol. The second-order valence-corrected chi connectivity index (χ2v) is 9.55. The van der Waals surface area contributed by atoms with Crippen molar-refractivity contribution in [2.45, 2.75) is 30.7 Å². The Labute approximate surface area is 183 Å². The second kappa shape index (κ2) is 9.49. The summed E-state index contributed by atoms with van der Waals surface area (Å²) in [5, 5.41) is 2.61. The molecule has 0 unspecified atom stereocenters. The van der Waals surface area contributed by atoms with E-state index < -0.39 is 10.0 Å². The molecule has 0 saturated carbocycles. The van der Waals surface area contributed by atoms with Crippen LogP contribution >= 0.6 is 0 Å².